The van der Waals surface area contributed by atoms with Crippen molar-refractivity contribution in [3.63, 3.8) is 0 Å². The lowest BCUT2D eigenvalue weighted by Gasteiger charge is -2.40. The van der Waals surface area contributed by atoms with Gasteiger partial charge in [-0.3, -0.25) is 5.32 Å². The molecular weight excluding hydrogens is 476 g/mol. The third-order valence-electron chi connectivity index (χ3n) is 5.61. The highest BCUT2D eigenvalue weighted by atomic mass is 32.1. The number of anilines is 2. The van der Waals surface area contributed by atoms with E-state index in [-0.39, 0.29) is 48.0 Å². The number of carbonyl (C=O) groups is 1. The normalized spacial score (nSPS) is 17.3. The van der Waals surface area contributed by atoms with Crippen LogP contribution in [0.25, 0.3) is 10.2 Å². The van der Waals surface area contributed by atoms with Gasteiger partial charge in [-0.2, -0.15) is 0 Å². The van der Waals surface area contributed by atoms with Crippen LogP contribution in [0.4, 0.5) is 33.2 Å². The molecule has 3 aromatic rings. The van der Waals surface area contributed by atoms with Crippen molar-refractivity contribution in [1.29, 1.82) is 0 Å². The summed E-state index contributed by atoms with van der Waals surface area (Å²) in [6, 6.07) is 3.32. The summed E-state index contributed by atoms with van der Waals surface area (Å²) in [5.74, 6) is -3.62. The van der Waals surface area contributed by atoms with Crippen LogP contribution < -0.4 is 10.2 Å². The van der Waals surface area contributed by atoms with Gasteiger partial charge >= 0.3 is 6.03 Å². The first-order chi connectivity index (χ1) is 16.2. The fourth-order valence-electron chi connectivity index (χ4n) is 3.98. The number of benzene rings is 2. The SMILES string of the molecule is C[C@H]1CN(c2c(F)cc(C[C@@H](O)CO)cc2F)CCN1C(=O)Nc1nc2cc(F)c(F)cc2s1. The molecule has 34 heavy (non-hydrogen) atoms. The van der Waals surface area contributed by atoms with E-state index in [0.717, 1.165) is 35.6 Å². The Morgan fingerprint density at radius 1 is 1.15 bits per heavy atom. The molecule has 3 N–H and O–H groups in total. The number of aliphatic hydroxyl groups is 2. The van der Waals surface area contributed by atoms with Crippen LogP contribution in [0.3, 0.4) is 0 Å². The first kappa shape index (κ1) is 24.2. The molecule has 182 valence electrons. The van der Waals surface area contributed by atoms with Crippen LogP contribution in [-0.2, 0) is 6.42 Å². The molecule has 0 aliphatic carbocycles. The lowest BCUT2D eigenvalue weighted by atomic mass is 10.1. The molecule has 1 aliphatic rings. The Morgan fingerprint density at radius 3 is 2.47 bits per heavy atom. The Hall–Kier alpha value is -2.96. The second kappa shape index (κ2) is 9.72. The second-order valence-electron chi connectivity index (χ2n) is 8.12. The number of nitrogens with one attached hydrogen (secondary N) is 1. The number of aliphatic hydroxyl groups excluding tert-OH is 2. The Balaban J connectivity index is 1.43. The first-order valence-electron chi connectivity index (χ1n) is 10.5. The third-order valence-corrected chi connectivity index (χ3v) is 6.54. The number of hydrogen-bond acceptors (Lipinski definition) is 6. The average molecular weight is 499 g/mol. The number of thiazole rings is 1. The zero-order chi connectivity index (χ0) is 24.6. The van der Waals surface area contributed by atoms with Crippen molar-refractivity contribution in [3.8, 4) is 0 Å². The van der Waals surface area contributed by atoms with Gasteiger partial charge in [0.2, 0.25) is 0 Å². The molecule has 7 nitrogen and oxygen atoms in total. The fraction of sp³-hybridized carbons (Fsp3) is 0.364. The highest BCUT2D eigenvalue weighted by molar-refractivity contribution is 7.22. The van der Waals surface area contributed by atoms with Gasteiger partial charge in [-0.1, -0.05) is 11.3 Å². The van der Waals surface area contributed by atoms with E-state index in [1.54, 1.807) is 6.92 Å². The highest BCUT2D eigenvalue weighted by Crippen LogP contribution is 2.30. The zero-order valence-corrected chi connectivity index (χ0v) is 18.9. The van der Waals surface area contributed by atoms with Crippen molar-refractivity contribution >= 4 is 38.4 Å². The molecule has 2 heterocycles. The minimum Gasteiger partial charge on any atom is -0.394 e. The van der Waals surface area contributed by atoms with Crippen LogP contribution in [-0.4, -0.2) is 64.5 Å². The van der Waals surface area contributed by atoms with Gasteiger partial charge in [0, 0.05) is 38.2 Å². The number of carbonyl (C=O) groups excluding carboxylic acids is 1. The van der Waals surface area contributed by atoms with Gasteiger partial charge in [0.1, 0.15) is 17.3 Å². The summed E-state index contributed by atoms with van der Waals surface area (Å²) >= 11 is 1.00. The molecule has 12 heteroatoms. The lowest BCUT2D eigenvalue weighted by Crippen LogP contribution is -2.55. The molecule has 1 fully saturated rings. The molecule has 1 aromatic heterocycles. The minimum absolute atomic E-state index is 0.0833. The largest absolute Gasteiger partial charge is 0.394 e. The van der Waals surface area contributed by atoms with Crippen molar-refractivity contribution in [1.82, 2.24) is 9.88 Å². The quantitative estimate of drug-likeness (QED) is 0.469. The summed E-state index contributed by atoms with van der Waals surface area (Å²) in [6.45, 7) is 1.72. The Bertz CT molecular complexity index is 1160. The number of fused-ring (bicyclic) bond motifs is 1. The van der Waals surface area contributed by atoms with Crippen molar-refractivity contribution in [2.45, 2.75) is 25.5 Å². The zero-order valence-electron chi connectivity index (χ0n) is 18.1. The maximum atomic E-state index is 14.7. The lowest BCUT2D eigenvalue weighted by molar-refractivity contribution is 0.0954. The van der Waals surface area contributed by atoms with E-state index in [1.807, 2.05) is 0 Å². The molecule has 0 saturated carbocycles. The summed E-state index contributed by atoms with van der Waals surface area (Å²) in [4.78, 5) is 19.9. The van der Waals surface area contributed by atoms with Crippen molar-refractivity contribution in [2.24, 2.45) is 0 Å². The Labute approximate surface area is 196 Å². The summed E-state index contributed by atoms with van der Waals surface area (Å²) in [7, 11) is 0. The van der Waals surface area contributed by atoms with Gasteiger partial charge in [0.05, 0.1) is 22.9 Å². The van der Waals surface area contributed by atoms with E-state index < -0.39 is 48.1 Å². The van der Waals surface area contributed by atoms with Crippen LogP contribution in [0.15, 0.2) is 24.3 Å². The predicted octanol–water partition coefficient (Wildman–Crippen LogP) is 3.49. The molecule has 0 spiro atoms. The molecule has 0 unspecified atom stereocenters. The molecular formula is C22H22F4N4O3S. The topological polar surface area (TPSA) is 88.9 Å². The maximum Gasteiger partial charge on any atom is 0.324 e. The monoisotopic (exact) mass is 498 g/mol. The van der Waals surface area contributed by atoms with Crippen molar-refractivity contribution < 1.29 is 32.6 Å². The van der Waals surface area contributed by atoms with E-state index in [1.165, 1.54) is 9.80 Å². The summed E-state index contributed by atoms with van der Waals surface area (Å²) < 4.78 is 56.6. The van der Waals surface area contributed by atoms with E-state index in [2.05, 4.69) is 10.3 Å². The van der Waals surface area contributed by atoms with Gasteiger partial charge < -0.3 is 20.0 Å². The van der Waals surface area contributed by atoms with E-state index in [9.17, 15) is 27.5 Å². The summed E-state index contributed by atoms with van der Waals surface area (Å²) in [5, 5.41) is 21.2. The van der Waals surface area contributed by atoms with Gasteiger partial charge in [-0.15, -0.1) is 0 Å². The second-order valence-corrected chi connectivity index (χ2v) is 9.15. The average Bonchev–Trinajstić information content (AvgIpc) is 3.14. The predicted molar refractivity (Wildman–Crippen MR) is 120 cm³/mol. The smallest absolute Gasteiger partial charge is 0.324 e. The van der Waals surface area contributed by atoms with E-state index in [4.69, 9.17) is 5.11 Å². The number of piperazine rings is 1. The number of nitrogens with zero attached hydrogens (tertiary/aromatic N) is 3. The molecule has 0 radical (unpaired) electrons. The number of hydrogen-bond donors (Lipinski definition) is 3. The van der Waals surface area contributed by atoms with Crippen LogP contribution in [0.5, 0.6) is 0 Å². The number of rotatable bonds is 5. The Morgan fingerprint density at radius 2 is 1.82 bits per heavy atom. The van der Waals surface area contributed by atoms with Crippen molar-refractivity contribution in [3.05, 3.63) is 53.1 Å². The number of aromatic nitrogens is 1. The minimum atomic E-state index is -1.11. The molecule has 1 saturated heterocycles. The van der Waals surface area contributed by atoms with Gasteiger partial charge in [0.15, 0.2) is 16.8 Å². The first-order valence-corrected chi connectivity index (χ1v) is 11.3. The van der Waals surface area contributed by atoms with E-state index >= 15 is 0 Å². The van der Waals surface area contributed by atoms with Gasteiger partial charge in [-0.25, -0.2) is 27.3 Å². The number of halogens is 4. The van der Waals surface area contributed by atoms with Crippen LogP contribution in [0, 0.1) is 23.3 Å². The van der Waals surface area contributed by atoms with Crippen LogP contribution in [0.1, 0.15) is 12.5 Å². The standard InChI is InChI=1S/C22H22F4N4O3S/c1-11-9-29(20-16(25)5-12(6-17(20)26)4-13(32)10-31)2-3-30(11)22(33)28-21-27-18-7-14(23)15(24)8-19(18)34-21/h5-8,11,13,31-32H,2-4,9-10H2,1H3,(H,27,28,33)/t11-,13+/m0/s1. The fourth-order valence-corrected chi connectivity index (χ4v) is 4.84. The number of amides is 2. The molecule has 2 amide bonds. The maximum absolute atomic E-state index is 14.7. The van der Waals surface area contributed by atoms with Crippen LogP contribution >= 0.6 is 11.3 Å². The molecule has 2 aromatic carbocycles. The van der Waals surface area contributed by atoms with Crippen molar-refractivity contribution in [2.75, 3.05) is 36.5 Å². The third kappa shape index (κ3) is 4.93. The Kier molecular flexibility index (Phi) is 6.91. The highest BCUT2D eigenvalue weighted by Gasteiger charge is 2.31. The molecule has 2 atom stereocenters. The number of urea groups is 1. The molecule has 1 aliphatic heterocycles. The van der Waals surface area contributed by atoms with Gasteiger partial charge in [-0.05, 0) is 30.7 Å². The van der Waals surface area contributed by atoms with E-state index in [0.29, 0.717) is 4.70 Å². The summed E-state index contributed by atoms with van der Waals surface area (Å²) in [6.07, 6.45) is -1.19. The summed E-state index contributed by atoms with van der Waals surface area (Å²) in [5.41, 5.74) is 0.226. The molecule has 0 bridgehead atoms. The van der Waals surface area contributed by atoms with Crippen LogP contribution in [0.2, 0.25) is 0 Å². The molecule has 4 rings (SSSR count). The van der Waals surface area contributed by atoms with Gasteiger partial charge in [0.25, 0.3) is 0 Å².